The maximum absolute atomic E-state index is 8.78. The van der Waals surface area contributed by atoms with E-state index in [1.165, 1.54) is 39.3 Å². The standard InChI is InChI=1S/C12H19N5/c13-3-1-2-11-10-16-7-6-14-4-5-15-8-9-17(11)12(14,15)16/h11H,1-2,4-10H2. The van der Waals surface area contributed by atoms with Gasteiger partial charge in [-0.2, -0.15) is 5.26 Å². The van der Waals surface area contributed by atoms with Crippen LogP contribution in [0.4, 0.5) is 0 Å². The Morgan fingerprint density at radius 1 is 1.00 bits per heavy atom. The summed E-state index contributed by atoms with van der Waals surface area (Å²) in [5.41, 5.74) is 0. The van der Waals surface area contributed by atoms with Crippen LogP contribution in [0.2, 0.25) is 0 Å². The van der Waals surface area contributed by atoms with Crippen molar-refractivity contribution in [3.05, 3.63) is 0 Å². The van der Waals surface area contributed by atoms with Crippen LogP contribution in [0.5, 0.6) is 0 Å². The van der Waals surface area contributed by atoms with Gasteiger partial charge in [-0.25, -0.2) is 0 Å². The highest BCUT2D eigenvalue weighted by molar-refractivity contribution is 5.11. The van der Waals surface area contributed by atoms with Crippen LogP contribution >= 0.6 is 0 Å². The highest BCUT2D eigenvalue weighted by Crippen LogP contribution is 2.47. The first kappa shape index (κ1) is 10.3. The van der Waals surface area contributed by atoms with Crippen molar-refractivity contribution < 1.29 is 0 Å². The van der Waals surface area contributed by atoms with Crippen molar-refractivity contribution in [1.82, 2.24) is 19.6 Å². The van der Waals surface area contributed by atoms with Crippen molar-refractivity contribution in [2.45, 2.75) is 24.8 Å². The van der Waals surface area contributed by atoms with Gasteiger partial charge in [-0.1, -0.05) is 0 Å². The maximum Gasteiger partial charge on any atom is 0.192 e. The molecule has 1 spiro atoms. The Morgan fingerprint density at radius 3 is 2.35 bits per heavy atom. The molecule has 0 radical (unpaired) electrons. The quantitative estimate of drug-likeness (QED) is 0.645. The Kier molecular flexibility index (Phi) is 2.07. The van der Waals surface area contributed by atoms with E-state index in [4.69, 9.17) is 5.26 Å². The van der Waals surface area contributed by atoms with Gasteiger partial charge in [0, 0.05) is 58.3 Å². The zero-order valence-corrected chi connectivity index (χ0v) is 10.2. The molecule has 92 valence electrons. The monoisotopic (exact) mass is 233 g/mol. The maximum atomic E-state index is 8.78. The van der Waals surface area contributed by atoms with Crippen LogP contribution in [0.3, 0.4) is 0 Å². The zero-order valence-electron chi connectivity index (χ0n) is 10.2. The Balaban J connectivity index is 1.66. The molecular weight excluding hydrogens is 214 g/mol. The van der Waals surface area contributed by atoms with Gasteiger partial charge in [0.15, 0.2) is 5.91 Å². The van der Waals surface area contributed by atoms with Crippen molar-refractivity contribution >= 4 is 0 Å². The van der Waals surface area contributed by atoms with E-state index >= 15 is 0 Å². The first-order valence-electron chi connectivity index (χ1n) is 6.76. The molecule has 4 aliphatic heterocycles. The predicted octanol–water partition coefficient (Wildman–Crippen LogP) is -0.468. The van der Waals surface area contributed by atoms with Crippen molar-refractivity contribution in [1.29, 1.82) is 5.26 Å². The molecule has 4 saturated heterocycles. The third-order valence-electron chi connectivity index (χ3n) is 5.01. The largest absolute Gasteiger partial charge is 0.257 e. The van der Waals surface area contributed by atoms with Crippen molar-refractivity contribution in [2.75, 3.05) is 45.8 Å². The second kappa shape index (κ2) is 3.42. The van der Waals surface area contributed by atoms with Gasteiger partial charge in [0.1, 0.15) is 0 Å². The second-order valence-electron chi connectivity index (χ2n) is 5.56. The van der Waals surface area contributed by atoms with E-state index in [0.29, 0.717) is 12.5 Å². The van der Waals surface area contributed by atoms with E-state index in [1.807, 2.05) is 0 Å². The van der Waals surface area contributed by atoms with Crippen LogP contribution in [0.1, 0.15) is 12.8 Å². The number of nitrogens with zero attached hydrogens (tertiary/aromatic N) is 5. The fourth-order valence-electron chi connectivity index (χ4n) is 4.45. The second-order valence-corrected chi connectivity index (χ2v) is 5.56. The number of nitriles is 1. The van der Waals surface area contributed by atoms with E-state index in [0.717, 1.165) is 13.0 Å². The lowest BCUT2D eigenvalue weighted by Crippen LogP contribution is -2.59. The number of hydrogen-bond donors (Lipinski definition) is 0. The summed E-state index contributed by atoms with van der Waals surface area (Å²) in [6.45, 7) is 8.41. The molecule has 0 saturated carbocycles. The summed E-state index contributed by atoms with van der Waals surface area (Å²) in [6.07, 6.45) is 1.74. The molecule has 5 heteroatoms. The summed E-state index contributed by atoms with van der Waals surface area (Å²) in [4.78, 5) is 10.6. The van der Waals surface area contributed by atoms with E-state index in [1.54, 1.807) is 0 Å². The summed E-state index contributed by atoms with van der Waals surface area (Å²) in [6, 6.07) is 2.90. The summed E-state index contributed by atoms with van der Waals surface area (Å²) < 4.78 is 0. The molecular formula is C12H19N5. The fraction of sp³-hybridized carbons (Fsp3) is 0.917. The molecule has 0 aromatic carbocycles. The van der Waals surface area contributed by atoms with Gasteiger partial charge >= 0.3 is 0 Å². The normalized spacial score (nSPS) is 41.9. The molecule has 2 atom stereocenters. The molecule has 0 bridgehead atoms. The molecule has 17 heavy (non-hydrogen) atoms. The highest BCUT2D eigenvalue weighted by Gasteiger charge is 2.66. The number of rotatable bonds is 2. The Morgan fingerprint density at radius 2 is 1.65 bits per heavy atom. The first-order valence-corrected chi connectivity index (χ1v) is 6.76. The van der Waals surface area contributed by atoms with Gasteiger partial charge in [0.05, 0.1) is 6.07 Å². The highest BCUT2D eigenvalue weighted by atomic mass is 15.8. The topological polar surface area (TPSA) is 36.8 Å². The molecule has 5 nitrogen and oxygen atoms in total. The van der Waals surface area contributed by atoms with Crippen LogP contribution < -0.4 is 0 Å². The summed E-state index contributed by atoms with van der Waals surface area (Å²) in [7, 11) is 0. The molecule has 0 amide bonds. The third kappa shape index (κ3) is 1.08. The molecule has 0 aromatic rings. The van der Waals surface area contributed by atoms with Gasteiger partial charge in [-0.15, -0.1) is 0 Å². The van der Waals surface area contributed by atoms with E-state index in [2.05, 4.69) is 25.7 Å². The molecule has 4 rings (SSSR count). The lowest BCUT2D eigenvalue weighted by atomic mass is 10.1. The van der Waals surface area contributed by atoms with Crippen LogP contribution in [-0.4, -0.2) is 77.4 Å². The average molecular weight is 233 g/mol. The summed E-state index contributed by atoms with van der Waals surface area (Å²) >= 11 is 0. The van der Waals surface area contributed by atoms with Crippen molar-refractivity contribution in [3.8, 4) is 6.07 Å². The molecule has 4 heterocycles. The van der Waals surface area contributed by atoms with Crippen LogP contribution in [0.25, 0.3) is 0 Å². The van der Waals surface area contributed by atoms with Gasteiger partial charge < -0.3 is 0 Å². The van der Waals surface area contributed by atoms with Gasteiger partial charge in [0.2, 0.25) is 0 Å². The minimum absolute atomic E-state index is 0.139. The van der Waals surface area contributed by atoms with Gasteiger partial charge in [-0.3, -0.25) is 19.6 Å². The third-order valence-corrected chi connectivity index (χ3v) is 5.01. The minimum Gasteiger partial charge on any atom is -0.257 e. The van der Waals surface area contributed by atoms with E-state index in [-0.39, 0.29) is 5.91 Å². The minimum atomic E-state index is 0.139. The average Bonchev–Trinajstić information content (AvgIpc) is 2.96. The SMILES string of the molecule is N#CCCC1CN2CCN3CCN4CCN1C342. The summed E-state index contributed by atoms with van der Waals surface area (Å²) in [5, 5.41) is 8.78. The lowest BCUT2D eigenvalue weighted by Gasteiger charge is -2.40. The molecule has 0 N–H and O–H groups in total. The Hall–Kier alpha value is -0.670. The molecule has 2 unspecified atom stereocenters. The van der Waals surface area contributed by atoms with E-state index in [9.17, 15) is 0 Å². The molecule has 0 aliphatic carbocycles. The van der Waals surface area contributed by atoms with Gasteiger partial charge in [0.25, 0.3) is 0 Å². The molecule has 0 aromatic heterocycles. The first-order chi connectivity index (χ1) is 8.37. The number of hydrogen-bond acceptors (Lipinski definition) is 5. The fourth-order valence-corrected chi connectivity index (χ4v) is 4.45. The van der Waals surface area contributed by atoms with Gasteiger partial charge in [-0.05, 0) is 6.42 Å². The predicted molar refractivity (Wildman–Crippen MR) is 62.8 cm³/mol. The smallest absolute Gasteiger partial charge is 0.192 e. The Labute approximate surface area is 102 Å². The molecule has 4 fully saturated rings. The van der Waals surface area contributed by atoms with Crippen LogP contribution in [0.15, 0.2) is 0 Å². The van der Waals surface area contributed by atoms with Crippen LogP contribution in [0, 0.1) is 11.3 Å². The van der Waals surface area contributed by atoms with Crippen molar-refractivity contribution in [2.24, 2.45) is 0 Å². The van der Waals surface area contributed by atoms with Crippen LogP contribution in [-0.2, 0) is 0 Å². The van der Waals surface area contributed by atoms with Crippen molar-refractivity contribution in [3.63, 3.8) is 0 Å². The lowest BCUT2D eigenvalue weighted by molar-refractivity contribution is -0.101. The Bertz CT molecular complexity index is 367. The van der Waals surface area contributed by atoms with E-state index < -0.39 is 0 Å². The molecule has 4 aliphatic rings. The summed E-state index contributed by atoms with van der Waals surface area (Å²) in [5.74, 6) is 0.139. The zero-order chi connectivity index (χ0) is 11.5.